The van der Waals surface area contributed by atoms with E-state index >= 15 is 0 Å². The predicted octanol–water partition coefficient (Wildman–Crippen LogP) is 4.00. The molecule has 0 N–H and O–H groups in total. The molecule has 1 saturated heterocycles. The molecule has 5 heteroatoms. The summed E-state index contributed by atoms with van der Waals surface area (Å²) in [7, 11) is 0. The van der Waals surface area contributed by atoms with Crippen molar-refractivity contribution in [3.05, 3.63) is 66.2 Å². The van der Waals surface area contributed by atoms with Gasteiger partial charge in [-0.1, -0.05) is 55.5 Å². The Kier molecular flexibility index (Phi) is 5.76. The summed E-state index contributed by atoms with van der Waals surface area (Å²) in [5.74, 6) is 0.214. The topological polar surface area (TPSA) is 46.6 Å². The van der Waals surface area contributed by atoms with Crippen LogP contribution in [0.1, 0.15) is 12.5 Å². The van der Waals surface area contributed by atoms with Crippen LogP contribution in [-0.4, -0.2) is 35.3 Å². The zero-order valence-electron chi connectivity index (χ0n) is 14.1. The number of amides is 2. The number of thioether (sulfide) groups is 1. The van der Waals surface area contributed by atoms with E-state index in [0.717, 1.165) is 10.5 Å². The van der Waals surface area contributed by atoms with Crippen molar-refractivity contribution < 1.29 is 14.3 Å². The zero-order valence-corrected chi connectivity index (χ0v) is 14.9. The van der Waals surface area contributed by atoms with E-state index < -0.39 is 6.09 Å². The lowest BCUT2D eigenvalue weighted by Gasteiger charge is -2.23. The van der Waals surface area contributed by atoms with Crippen LogP contribution in [0.2, 0.25) is 0 Å². The van der Waals surface area contributed by atoms with Gasteiger partial charge in [0.1, 0.15) is 6.61 Å². The molecule has 2 aromatic rings. The van der Waals surface area contributed by atoms with E-state index in [1.165, 1.54) is 4.90 Å². The van der Waals surface area contributed by atoms with Crippen LogP contribution in [0.25, 0.3) is 0 Å². The van der Waals surface area contributed by atoms with Crippen LogP contribution < -0.4 is 0 Å². The van der Waals surface area contributed by atoms with Crippen LogP contribution in [0.15, 0.2) is 65.6 Å². The minimum absolute atomic E-state index is 0.160. The van der Waals surface area contributed by atoms with Gasteiger partial charge in [-0.25, -0.2) is 9.69 Å². The SMILES string of the molecule is C[C@@H](CSc1ccccc1)C(=O)N1C(=O)OC[C@@H]1Cc1ccccc1. The van der Waals surface area contributed by atoms with Gasteiger partial charge in [-0.2, -0.15) is 0 Å². The Balaban J connectivity index is 1.62. The second kappa shape index (κ2) is 8.21. The Morgan fingerprint density at radius 2 is 1.80 bits per heavy atom. The maximum atomic E-state index is 12.8. The number of carbonyl (C=O) groups excluding carboxylic acids is 2. The Morgan fingerprint density at radius 3 is 2.48 bits per heavy atom. The van der Waals surface area contributed by atoms with Crippen LogP contribution in [-0.2, 0) is 16.0 Å². The summed E-state index contributed by atoms with van der Waals surface area (Å²) in [6.07, 6.45) is 0.0964. The molecule has 1 aliphatic rings. The van der Waals surface area contributed by atoms with E-state index in [1.54, 1.807) is 11.8 Å². The smallest absolute Gasteiger partial charge is 0.416 e. The van der Waals surface area contributed by atoms with Crippen molar-refractivity contribution >= 4 is 23.8 Å². The van der Waals surface area contributed by atoms with E-state index in [-0.39, 0.29) is 24.5 Å². The van der Waals surface area contributed by atoms with Crippen molar-refractivity contribution in [1.29, 1.82) is 0 Å². The van der Waals surface area contributed by atoms with E-state index in [1.807, 2.05) is 67.6 Å². The third-order valence-corrected chi connectivity index (χ3v) is 5.45. The van der Waals surface area contributed by atoms with Crippen molar-refractivity contribution in [3.63, 3.8) is 0 Å². The lowest BCUT2D eigenvalue weighted by atomic mass is 10.0. The van der Waals surface area contributed by atoms with Crippen LogP contribution in [0.4, 0.5) is 4.79 Å². The highest BCUT2D eigenvalue weighted by molar-refractivity contribution is 7.99. The van der Waals surface area contributed by atoms with Gasteiger partial charge in [-0.05, 0) is 24.1 Å². The molecule has 1 aliphatic heterocycles. The van der Waals surface area contributed by atoms with Gasteiger partial charge in [-0.3, -0.25) is 4.79 Å². The predicted molar refractivity (Wildman–Crippen MR) is 98.5 cm³/mol. The molecule has 0 aliphatic carbocycles. The second-order valence-corrected chi connectivity index (χ2v) is 7.25. The molecular weight excluding hydrogens is 334 g/mol. The van der Waals surface area contributed by atoms with Crippen molar-refractivity contribution in [2.24, 2.45) is 5.92 Å². The number of nitrogens with zero attached hydrogens (tertiary/aromatic N) is 1. The lowest BCUT2D eigenvalue weighted by molar-refractivity contribution is -0.132. The van der Waals surface area contributed by atoms with E-state index in [9.17, 15) is 9.59 Å². The van der Waals surface area contributed by atoms with Crippen LogP contribution in [0, 0.1) is 5.92 Å². The van der Waals surface area contributed by atoms with Crippen LogP contribution >= 0.6 is 11.8 Å². The molecule has 2 aromatic carbocycles. The second-order valence-electron chi connectivity index (χ2n) is 6.15. The zero-order chi connectivity index (χ0) is 17.6. The number of ether oxygens (including phenoxy) is 1. The summed E-state index contributed by atoms with van der Waals surface area (Å²) in [4.78, 5) is 27.3. The summed E-state index contributed by atoms with van der Waals surface area (Å²) in [6, 6.07) is 19.6. The minimum Gasteiger partial charge on any atom is -0.447 e. The van der Waals surface area contributed by atoms with E-state index in [4.69, 9.17) is 4.74 Å². The molecule has 0 bridgehead atoms. The van der Waals surface area contributed by atoms with Gasteiger partial charge in [0, 0.05) is 16.6 Å². The maximum absolute atomic E-state index is 12.8. The quantitative estimate of drug-likeness (QED) is 0.735. The standard InChI is InChI=1S/C20H21NO3S/c1-15(14-25-18-10-6-3-7-11-18)19(22)21-17(13-24-20(21)23)12-16-8-4-2-5-9-16/h2-11,15,17H,12-14H2,1H3/t15-,17-/m0/s1. The molecule has 2 amide bonds. The molecule has 0 aromatic heterocycles. The largest absolute Gasteiger partial charge is 0.447 e. The highest BCUT2D eigenvalue weighted by Gasteiger charge is 2.39. The first-order valence-electron chi connectivity index (χ1n) is 8.36. The molecule has 0 unspecified atom stereocenters. The minimum atomic E-state index is -0.525. The first kappa shape index (κ1) is 17.5. The number of imide groups is 1. The molecule has 0 saturated carbocycles. The average molecular weight is 355 g/mol. The number of cyclic esters (lactones) is 1. The Bertz CT molecular complexity index is 720. The van der Waals surface area contributed by atoms with Gasteiger partial charge < -0.3 is 4.74 Å². The molecule has 130 valence electrons. The van der Waals surface area contributed by atoms with Gasteiger partial charge in [0.2, 0.25) is 5.91 Å². The molecular formula is C20H21NO3S. The van der Waals surface area contributed by atoms with E-state index in [0.29, 0.717) is 12.2 Å². The Morgan fingerprint density at radius 1 is 1.16 bits per heavy atom. The molecule has 0 spiro atoms. The molecule has 0 radical (unpaired) electrons. The molecule has 4 nitrogen and oxygen atoms in total. The molecule has 2 atom stereocenters. The number of carbonyl (C=O) groups is 2. The first-order valence-corrected chi connectivity index (χ1v) is 9.35. The first-order chi connectivity index (χ1) is 12.1. The van der Waals surface area contributed by atoms with Gasteiger partial charge in [0.15, 0.2) is 0 Å². The maximum Gasteiger partial charge on any atom is 0.416 e. The van der Waals surface area contributed by atoms with Crippen molar-refractivity contribution in [2.75, 3.05) is 12.4 Å². The highest BCUT2D eigenvalue weighted by atomic mass is 32.2. The average Bonchev–Trinajstić information content (AvgIpc) is 3.01. The third kappa shape index (κ3) is 4.42. The molecule has 25 heavy (non-hydrogen) atoms. The monoisotopic (exact) mass is 355 g/mol. The summed E-state index contributed by atoms with van der Waals surface area (Å²) in [5.41, 5.74) is 1.09. The number of hydrogen-bond donors (Lipinski definition) is 0. The summed E-state index contributed by atoms with van der Waals surface area (Å²) in [5, 5.41) is 0. The number of benzene rings is 2. The van der Waals surface area contributed by atoms with Crippen molar-refractivity contribution in [1.82, 2.24) is 4.90 Å². The lowest BCUT2D eigenvalue weighted by Crippen LogP contribution is -2.43. The fraction of sp³-hybridized carbons (Fsp3) is 0.300. The highest BCUT2D eigenvalue weighted by Crippen LogP contribution is 2.24. The van der Waals surface area contributed by atoms with Crippen LogP contribution in [0.5, 0.6) is 0 Å². The molecule has 1 heterocycles. The van der Waals surface area contributed by atoms with Crippen molar-refractivity contribution in [2.45, 2.75) is 24.3 Å². The van der Waals surface area contributed by atoms with Crippen LogP contribution in [0.3, 0.4) is 0 Å². The fourth-order valence-electron chi connectivity index (χ4n) is 2.81. The molecule has 3 rings (SSSR count). The van der Waals surface area contributed by atoms with E-state index in [2.05, 4.69) is 0 Å². The third-order valence-electron chi connectivity index (χ3n) is 4.18. The fourth-order valence-corrected chi connectivity index (χ4v) is 3.75. The number of hydrogen-bond acceptors (Lipinski definition) is 4. The molecule has 1 fully saturated rings. The van der Waals surface area contributed by atoms with Gasteiger partial charge >= 0.3 is 6.09 Å². The Hall–Kier alpha value is -2.27. The van der Waals surface area contributed by atoms with Gasteiger partial charge in [0.25, 0.3) is 0 Å². The van der Waals surface area contributed by atoms with Gasteiger partial charge in [-0.15, -0.1) is 11.8 Å². The summed E-state index contributed by atoms with van der Waals surface area (Å²) in [6.45, 7) is 2.13. The summed E-state index contributed by atoms with van der Waals surface area (Å²) < 4.78 is 5.14. The van der Waals surface area contributed by atoms with Gasteiger partial charge in [0.05, 0.1) is 6.04 Å². The van der Waals surface area contributed by atoms with Crippen molar-refractivity contribution in [3.8, 4) is 0 Å². The summed E-state index contributed by atoms with van der Waals surface area (Å²) >= 11 is 1.62. The Labute approximate surface area is 152 Å². The normalized spacial score (nSPS) is 18.0. The number of rotatable bonds is 6.